The number of carbonyl (C=O) groups excluding carboxylic acids is 4. The number of alkyl carbamates (subject to hydrolysis) is 2. The molecule has 15 heteroatoms. The lowest BCUT2D eigenvalue weighted by Gasteiger charge is -2.30. The molecule has 2 aliphatic carbocycles. The van der Waals surface area contributed by atoms with Gasteiger partial charge in [-0.3, -0.25) is 14.6 Å². The van der Waals surface area contributed by atoms with Crippen LogP contribution in [0.2, 0.25) is 0 Å². The molecule has 2 aliphatic heterocycles. The van der Waals surface area contributed by atoms with Crippen molar-refractivity contribution in [1.82, 2.24) is 45.4 Å². The predicted molar refractivity (Wildman–Crippen MR) is 237 cm³/mol. The normalized spacial score (nSPS) is 21.3. The Morgan fingerprint density at radius 2 is 1.27 bits per heavy atom. The zero-order valence-corrected chi connectivity index (χ0v) is 36.9. The van der Waals surface area contributed by atoms with E-state index in [0.717, 1.165) is 77.3 Å². The molecule has 15 nitrogen and oxygen atoms in total. The number of fused-ring (bicyclic) bond motifs is 6. The first-order valence-electron chi connectivity index (χ1n) is 22.4. The molecule has 5 heterocycles. The zero-order valence-electron chi connectivity index (χ0n) is 36.9. The summed E-state index contributed by atoms with van der Waals surface area (Å²) in [5.41, 5.74) is 10.8. The molecule has 2 bridgehead atoms. The van der Waals surface area contributed by atoms with Crippen LogP contribution in [0.4, 0.5) is 9.59 Å². The standard InChI is InChI=1S/C48H57N9O6/c1-25(2)41(54-47(60)62-5)45(58)56-19-7-9-37(56)43-50-24-36(53-43)30-14-17-33(49-23-30)32-16-15-31(39-28-11-12-29(21-28)40(32)39)27-13-18-34-35(22-27)52-44(51-34)38-10-8-20-57(38)46(59)42(26(3)4)55-48(61)63-6/h13-18,22-26,28-29,37-38,41-42H,7-12,19-21H2,1-6H3,(H,50,53)(H,51,52)(H,54,60)(H,55,61). The lowest BCUT2D eigenvalue weighted by Crippen LogP contribution is -2.51. The van der Waals surface area contributed by atoms with Gasteiger partial charge in [0, 0.05) is 30.4 Å². The third kappa shape index (κ3) is 7.79. The van der Waals surface area contributed by atoms with E-state index >= 15 is 0 Å². The number of amides is 4. The summed E-state index contributed by atoms with van der Waals surface area (Å²) in [6.45, 7) is 8.84. The van der Waals surface area contributed by atoms with Crippen molar-refractivity contribution < 1.29 is 28.7 Å². The summed E-state index contributed by atoms with van der Waals surface area (Å²) >= 11 is 0. The van der Waals surface area contributed by atoms with Gasteiger partial charge in [0.1, 0.15) is 23.7 Å². The topological polar surface area (TPSA) is 188 Å². The third-order valence-electron chi connectivity index (χ3n) is 13.8. The second-order valence-electron chi connectivity index (χ2n) is 18.3. The minimum atomic E-state index is -0.695. The molecule has 9 rings (SSSR count). The molecule has 2 saturated heterocycles. The third-order valence-corrected chi connectivity index (χ3v) is 13.8. The molecule has 6 atom stereocenters. The SMILES string of the molecule is COC(=O)NC(C(=O)N1CCCC1c1ncc(-c2ccc(-c3ccc(-c4ccc5nc(C6CCCN6C(=O)C(NC(=O)OC)C(C)C)[nH]c5c4)c4c3C3CCC4C3)nc2)[nH]1)C(C)C. The van der Waals surface area contributed by atoms with Gasteiger partial charge in [-0.25, -0.2) is 19.6 Å². The predicted octanol–water partition coefficient (Wildman–Crippen LogP) is 8.13. The van der Waals surface area contributed by atoms with E-state index in [-0.39, 0.29) is 35.7 Å². The van der Waals surface area contributed by atoms with Crippen LogP contribution in [0, 0.1) is 11.8 Å². The van der Waals surface area contributed by atoms with Crippen molar-refractivity contribution in [2.45, 2.75) is 109 Å². The zero-order chi connectivity index (χ0) is 44.1. The van der Waals surface area contributed by atoms with Gasteiger partial charge in [0.25, 0.3) is 0 Å². The van der Waals surface area contributed by atoms with Crippen molar-refractivity contribution in [1.29, 1.82) is 0 Å². The van der Waals surface area contributed by atoms with Gasteiger partial charge in [-0.1, -0.05) is 45.9 Å². The smallest absolute Gasteiger partial charge is 0.407 e. The number of carbonyl (C=O) groups is 4. The number of rotatable bonds is 11. The van der Waals surface area contributed by atoms with Crippen LogP contribution in [-0.2, 0) is 19.1 Å². The first-order chi connectivity index (χ1) is 30.4. The van der Waals surface area contributed by atoms with Gasteiger partial charge in [0.15, 0.2) is 0 Å². The molecular formula is C48H57N9O6. The molecule has 6 unspecified atom stereocenters. The fourth-order valence-corrected chi connectivity index (χ4v) is 10.6. The Balaban J connectivity index is 0.949. The quantitative estimate of drug-likeness (QED) is 0.102. The van der Waals surface area contributed by atoms with E-state index in [1.54, 1.807) is 6.20 Å². The monoisotopic (exact) mass is 855 g/mol. The van der Waals surface area contributed by atoms with E-state index in [1.807, 2.05) is 43.7 Å². The van der Waals surface area contributed by atoms with Crippen LogP contribution in [0.3, 0.4) is 0 Å². The minimum Gasteiger partial charge on any atom is -0.453 e. The van der Waals surface area contributed by atoms with Crippen LogP contribution in [-0.4, -0.2) is 98.1 Å². The average Bonchev–Trinajstić information content (AvgIpc) is 4.16. The number of methoxy groups -OCH3 is 2. The Bertz CT molecular complexity index is 2550. The number of nitrogens with zero attached hydrogens (tertiary/aromatic N) is 5. The van der Waals surface area contributed by atoms with Crippen molar-refractivity contribution in [2.24, 2.45) is 11.8 Å². The second kappa shape index (κ2) is 17.1. The molecular weight excluding hydrogens is 799 g/mol. The highest BCUT2D eigenvalue weighted by atomic mass is 16.5. The van der Waals surface area contributed by atoms with Crippen molar-refractivity contribution in [3.63, 3.8) is 0 Å². The largest absolute Gasteiger partial charge is 0.453 e. The number of pyridine rings is 1. The molecule has 4 aliphatic rings. The first-order valence-corrected chi connectivity index (χ1v) is 22.4. The van der Waals surface area contributed by atoms with Crippen LogP contribution >= 0.6 is 0 Å². The minimum absolute atomic E-state index is 0.108. The fourth-order valence-electron chi connectivity index (χ4n) is 10.6. The maximum atomic E-state index is 13.8. The van der Waals surface area contributed by atoms with Gasteiger partial charge in [0.05, 0.1) is 54.9 Å². The molecule has 4 N–H and O–H groups in total. The van der Waals surface area contributed by atoms with Gasteiger partial charge in [-0.15, -0.1) is 0 Å². The number of aromatic nitrogens is 5. The Morgan fingerprint density at radius 3 is 1.86 bits per heavy atom. The number of nitrogens with one attached hydrogen (secondary N) is 4. The van der Waals surface area contributed by atoms with E-state index in [4.69, 9.17) is 24.4 Å². The van der Waals surface area contributed by atoms with Crippen LogP contribution in [0.5, 0.6) is 0 Å². The van der Waals surface area contributed by atoms with Crippen LogP contribution < -0.4 is 10.6 Å². The van der Waals surface area contributed by atoms with Gasteiger partial charge in [-0.05, 0) is 115 Å². The van der Waals surface area contributed by atoms with E-state index in [9.17, 15) is 19.2 Å². The van der Waals surface area contributed by atoms with E-state index in [2.05, 4.69) is 63.1 Å². The molecule has 2 aromatic carbocycles. The molecule has 0 radical (unpaired) electrons. The van der Waals surface area contributed by atoms with Crippen LogP contribution in [0.25, 0.3) is 44.7 Å². The van der Waals surface area contributed by atoms with Crippen molar-refractivity contribution >= 4 is 35.0 Å². The number of hydrogen-bond acceptors (Lipinski definition) is 9. The molecule has 4 amide bonds. The average molecular weight is 856 g/mol. The number of hydrogen-bond donors (Lipinski definition) is 4. The Labute approximate surface area is 367 Å². The van der Waals surface area contributed by atoms with Crippen molar-refractivity contribution in [3.8, 4) is 33.6 Å². The number of H-pyrrole nitrogens is 2. The van der Waals surface area contributed by atoms with Gasteiger partial charge < -0.3 is 39.9 Å². The summed E-state index contributed by atoms with van der Waals surface area (Å²) in [6.07, 6.45) is 9.22. The number of aromatic amines is 2. The molecule has 3 aromatic heterocycles. The summed E-state index contributed by atoms with van der Waals surface area (Å²) in [5.74, 6) is 1.98. The highest BCUT2D eigenvalue weighted by Crippen LogP contribution is 2.58. The Hall–Kier alpha value is -6.25. The summed E-state index contributed by atoms with van der Waals surface area (Å²) in [4.78, 5) is 77.0. The van der Waals surface area contributed by atoms with E-state index in [0.29, 0.717) is 24.9 Å². The molecule has 3 fully saturated rings. The summed E-state index contributed by atoms with van der Waals surface area (Å²) in [7, 11) is 2.60. The maximum absolute atomic E-state index is 13.8. The lowest BCUT2D eigenvalue weighted by atomic mass is 9.82. The van der Waals surface area contributed by atoms with Crippen molar-refractivity contribution in [3.05, 3.63) is 77.6 Å². The molecule has 0 spiro atoms. The molecule has 330 valence electrons. The number of benzene rings is 2. The van der Waals surface area contributed by atoms with Gasteiger partial charge in [0.2, 0.25) is 11.8 Å². The Morgan fingerprint density at radius 1 is 0.683 bits per heavy atom. The summed E-state index contributed by atoms with van der Waals surface area (Å²) in [5, 5.41) is 5.45. The highest BCUT2D eigenvalue weighted by Gasteiger charge is 2.42. The maximum Gasteiger partial charge on any atom is 0.407 e. The summed E-state index contributed by atoms with van der Waals surface area (Å²) < 4.78 is 9.60. The van der Waals surface area contributed by atoms with Crippen molar-refractivity contribution in [2.75, 3.05) is 27.3 Å². The second-order valence-corrected chi connectivity index (χ2v) is 18.3. The Kier molecular flexibility index (Phi) is 11.4. The van der Waals surface area contributed by atoms with Crippen LogP contribution in [0.1, 0.15) is 119 Å². The fraction of sp³-hybridized carbons (Fsp3) is 0.479. The highest BCUT2D eigenvalue weighted by molar-refractivity contribution is 5.88. The van der Waals surface area contributed by atoms with Gasteiger partial charge >= 0.3 is 12.2 Å². The lowest BCUT2D eigenvalue weighted by molar-refractivity contribution is -0.136. The number of imidazole rings is 2. The molecule has 63 heavy (non-hydrogen) atoms. The number of ether oxygens (including phenoxy) is 2. The molecule has 5 aromatic rings. The van der Waals surface area contributed by atoms with Gasteiger partial charge in [-0.2, -0.15) is 0 Å². The van der Waals surface area contributed by atoms with E-state index in [1.165, 1.54) is 49.3 Å². The summed E-state index contributed by atoms with van der Waals surface area (Å²) in [6, 6.07) is 13.3. The number of likely N-dealkylation sites (tertiary alicyclic amines) is 2. The molecule has 1 saturated carbocycles. The van der Waals surface area contributed by atoms with E-state index < -0.39 is 24.3 Å². The first kappa shape index (κ1) is 42.1. The van der Waals surface area contributed by atoms with Crippen LogP contribution in [0.15, 0.2) is 54.9 Å².